The van der Waals surface area contributed by atoms with E-state index in [-0.39, 0.29) is 17.8 Å². The summed E-state index contributed by atoms with van der Waals surface area (Å²) >= 11 is 6.04. The molecule has 1 aromatic carbocycles. The number of nitrogen functional groups attached to an aromatic ring is 1. The Labute approximate surface area is 170 Å². The summed E-state index contributed by atoms with van der Waals surface area (Å²) in [6.45, 7) is 4.10. The Morgan fingerprint density at radius 1 is 1.14 bits per heavy atom. The molecule has 0 saturated carbocycles. The van der Waals surface area contributed by atoms with Gasteiger partial charge in [-0.1, -0.05) is 23.7 Å². The molecule has 1 aromatic heterocycles. The normalized spacial score (nSPS) is 20.5. The Morgan fingerprint density at radius 2 is 1.89 bits per heavy atom. The fourth-order valence-corrected chi connectivity index (χ4v) is 4.36. The summed E-state index contributed by atoms with van der Waals surface area (Å²) in [4.78, 5) is 25.8. The molecule has 148 valence electrons. The molecule has 0 spiro atoms. The number of rotatable bonds is 4. The third-order valence-corrected chi connectivity index (χ3v) is 5.96. The summed E-state index contributed by atoms with van der Waals surface area (Å²) in [5, 5.41) is 0.693. The zero-order valence-electron chi connectivity index (χ0n) is 16.0. The Bertz CT molecular complexity index is 835. The van der Waals surface area contributed by atoms with Crippen LogP contribution in [0, 0.1) is 0 Å². The van der Waals surface area contributed by atoms with Crippen molar-refractivity contribution in [2.24, 2.45) is 0 Å². The number of carbonyl (C=O) groups is 1. The highest BCUT2D eigenvalue weighted by atomic mass is 35.5. The molecule has 2 fully saturated rings. The molecule has 28 heavy (non-hydrogen) atoms. The topological polar surface area (TPSA) is 75.3 Å². The van der Waals surface area contributed by atoms with E-state index < -0.39 is 0 Å². The number of halogens is 1. The van der Waals surface area contributed by atoms with Gasteiger partial charge >= 0.3 is 0 Å². The van der Waals surface area contributed by atoms with Gasteiger partial charge in [-0.2, -0.15) is 0 Å². The van der Waals surface area contributed by atoms with Crippen LogP contribution in [0.5, 0.6) is 0 Å². The molecule has 4 rings (SSSR count). The first-order valence-electron chi connectivity index (χ1n) is 9.98. The molecule has 2 N–H and O–H groups in total. The van der Waals surface area contributed by atoms with Crippen molar-refractivity contribution in [2.45, 2.75) is 31.6 Å². The highest BCUT2D eigenvalue weighted by molar-refractivity contribution is 6.30. The number of carbonyl (C=O) groups excluding carboxylic acids is 1. The lowest BCUT2D eigenvalue weighted by Crippen LogP contribution is -2.44. The maximum Gasteiger partial charge on any atom is 0.236 e. The number of amides is 1. The van der Waals surface area contributed by atoms with Gasteiger partial charge in [-0.3, -0.25) is 9.69 Å². The minimum absolute atomic E-state index is 0.159. The van der Waals surface area contributed by atoms with Crippen LogP contribution in [0.2, 0.25) is 5.02 Å². The van der Waals surface area contributed by atoms with Crippen molar-refractivity contribution >= 4 is 23.5 Å². The van der Waals surface area contributed by atoms with Gasteiger partial charge in [0, 0.05) is 35.8 Å². The standard InChI is InChI=1S/C21H26ClN5O/c22-17-7-5-15(6-8-17)18-12-24-21(23)25-20(18)16-4-3-11-27(13-16)19(28)14-26-9-1-2-10-26/h5-8,12,16H,1-4,9-11,13-14H2,(H2,23,24,25)/t16-/m1/s1. The molecule has 2 aliphatic heterocycles. The smallest absolute Gasteiger partial charge is 0.236 e. The van der Waals surface area contributed by atoms with Gasteiger partial charge in [0.25, 0.3) is 0 Å². The van der Waals surface area contributed by atoms with E-state index >= 15 is 0 Å². The molecular formula is C21H26ClN5O. The van der Waals surface area contributed by atoms with Gasteiger partial charge in [-0.15, -0.1) is 0 Å². The van der Waals surface area contributed by atoms with E-state index in [4.69, 9.17) is 17.3 Å². The molecule has 7 heteroatoms. The highest BCUT2D eigenvalue weighted by Crippen LogP contribution is 2.33. The lowest BCUT2D eigenvalue weighted by atomic mass is 9.90. The van der Waals surface area contributed by atoms with Crippen molar-refractivity contribution in [1.29, 1.82) is 0 Å². The maximum atomic E-state index is 12.8. The SMILES string of the molecule is Nc1ncc(-c2ccc(Cl)cc2)c([C@@H]2CCCN(C(=O)CN3CCCC3)C2)n1. The monoisotopic (exact) mass is 399 g/mol. The minimum atomic E-state index is 0.159. The molecule has 0 aliphatic carbocycles. The second-order valence-corrected chi connectivity index (χ2v) is 8.13. The number of hydrogen-bond acceptors (Lipinski definition) is 5. The van der Waals surface area contributed by atoms with Crippen LogP contribution in [0.1, 0.15) is 37.3 Å². The summed E-state index contributed by atoms with van der Waals surface area (Å²) in [5.74, 6) is 0.655. The van der Waals surface area contributed by atoms with Crippen LogP contribution in [-0.2, 0) is 4.79 Å². The van der Waals surface area contributed by atoms with Crippen LogP contribution in [0.15, 0.2) is 30.5 Å². The van der Waals surface area contributed by atoms with E-state index in [1.807, 2.05) is 29.2 Å². The second kappa shape index (κ2) is 8.45. The Morgan fingerprint density at radius 3 is 2.64 bits per heavy atom. The van der Waals surface area contributed by atoms with Gasteiger partial charge in [-0.25, -0.2) is 9.97 Å². The van der Waals surface area contributed by atoms with E-state index in [9.17, 15) is 4.79 Å². The molecule has 0 bridgehead atoms. The van der Waals surface area contributed by atoms with Gasteiger partial charge in [0.05, 0.1) is 12.2 Å². The van der Waals surface area contributed by atoms with Crippen molar-refractivity contribution in [3.63, 3.8) is 0 Å². The number of nitrogens with two attached hydrogens (primary N) is 1. The van der Waals surface area contributed by atoms with E-state index in [2.05, 4.69) is 14.9 Å². The molecule has 0 radical (unpaired) electrons. The first-order chi connectivity index (χ1) is 13.6. The van der Waals surface area contributed by atoms with Gasteiger partial charge in [-0.05, 0) is 56.5 Å². The zero-order valence-corrected chi connectivity index (χ0v) is 16.7. The minimum Gasteiger partial charge on any atom is -0.368 e. The van der Waals surface area contributed by atoms with Crippen LogP contribution in [-0.4, -0.2) is 58.4 Å². The van der Waals surface area contributed by atoms with Crippen LogP contribution >= 0.6 is 11.6 Å². The fraction of sp³-hybridized carbons (Fsp3) is 0.476. The van der Waals surface area contributed by atoms with Crippen molar-refractivity contribution < 1.29 is 4.79 Å². The van der Waals surface area contributed by atoms with Crippen LogP contribution in [0.4, 0.5) is 5.95 Å². The molecule has 2 aliphatic rings. The van der Waals surface area contributed by atoms with Gasteiger partial charge in [0.15, 0.2) is 0 Å². The lowest BCUT2D eigenvalue weighted by Gasteiger charge is -2.34. The van der Waals surface area contributed by atoms with Crippen LogP contribution in [0.3, 0.4) is 0 Å². The van der Waals surface area contributed by atoms with Crippen LogP contribution in [0.25, 0.3) is 11.1 Å². The molecule has 3 heterocycles. The molecule has 1 amide bonds. The van der Waals surface area contributed by atoms with E-state index in [1.54, 1.807) is 6.20 Å². The molecule has 1 atom stereocenters. The van der Waals surface area contributed by atoms with Crippen molar-refractivity contribution in [1.82, 2.24) is 19.8 Å². The summed E-state index contributed by atoms with van der Waals surface area (Å²) in [5.41, 5.74) is 8.81. The van der Waals surface area contributed by atoms with Crippen molar-refractivity contribution in [2.75, 3.05) is 38.5 Å². The summed E-state index contributed by atoms with van der Waals surface area (Å²) in [6, 6.07) is 7.67. The summed E-state index contributed by atoms with van der Waals surface area (Å²) < 4.78 is 0. The second-order valence-electron chi connectivity index (χ2n) is 7.70. The number of piperidine rings is 1. The number of hydrogen-bond donors (Lipinski definition) is 1. The fourth-order valence-electron chi connectivity index (χ4n) is 4.23. The molecule has 6 nitrogen and oxygen atoms in total. The summed E-state index contributed by atoms with van der Waals surface area (Å²) in [6.07, 6.45) is 6.14. The van der Waals surface area contributed by atoms with Crippen molar-refractivity contribution in [3.05, 3.63) is 41.2 Å². The average molecular weight is 400 g/mol. The molecule has 2 saturated heterocycles. The Hall–Kier alpha value is -2.18. The Balaban J connectivity index is 1.55. The van der Waals surface area contributed by atoms with Gasteiger partial charge in [0.1, 0.15) is 0 Å². The number of anilines is 1. The van der Waals surface area contributed by atoms with Crippen molar-refractivity contribution in [3.8, 4) is 11.1 Å². The highest BCUT2D eigenvalue weighted by Gasteiger charge is 2.29. The first-order valence-corrected chi connectivity index (χ1v) is 10.4. The molecule has 2 aromatic rings. The number of benzene rings is 1. The average Bonchev–Trinajstić information content (AvgIpc) is 3.22. The summed E-state index contributed by atoms with van der Waals surface area (Å²) in [7, 11) is 0. The van der Waals surface area contributed by atoms with E-state index in [0.29, 0.717) is 18.1 Å². The Kier molecular flexibility index (Phi) is 5.78. The van der Waals surface area contributed by atoms with E-state index in [0.717, 1.165) is 49.3 Å². The molecule has 0 unspecified atom stereocenters. The third-order valence-electron chi connectivity index (χ3n) is 5.71. The maximum absolute atomic E-state index is 12.8. The zero-order chi connectivity index (χ0) is 19.5. The van der Waals surface area contributed by atoms with Gasteiger partial charge in [0.2, 0.25) is 11.9 Å². The predicted octanol–water partition coefficient (Wildman–Crippen LogP) is 3.18. The number of likely N-dealkylation sites (tertiary alicyclic amines) is 2. The quantitative estimate of drug-likeness (QED) is 0.854. The number of nitrogens with zero attached hydrogens (tertiary/aromatic N) is 4. The largest absolute Gasteiger partial charge is 0.368 e. The first kappa shape index (κ1) is 19.2. The predicted molar refractivity (Wildman–Crippen MR) is 111 cm³/mol. The van der Waals surface area contributed by atoms with Crippen LogP contribution < -0.4 is 5.73 Å². The van der Waals surface area contributed by atoms with E-state index in [1.165, 1.54) is 12.8 Å². The lowest BCUT2D eigenvalue weighted by molar-refractivity contribution is -0.133. The number of aromatic nitrogens is 2. The molecular weight excluding hydrogens is 374 g/mol. The van der Waals surface area contributed by atoms with Gasteiger partial charge < -0.3 is 10.6 Å². The third kappa shape index (κ3) is 4.28.